The number of fused-ring (bicyclic) bond motifs is 2. The zero-order chi connectivity index (χ0) is 35.1. The zero-order valence-corrected chi connectivity index (χ0v) is 28.9. The van der Waals surface area contributed by atoms with Gasteiger partial charge in [-0.15, -0.1) is 0 Å². The second-order valence-electron chi connectivity index (χ2n) is 12.2. The predicted octanol–water partition coefficient (Wildman–Crippen LogP) is 9.45. The third-order valence-electron chi connectivity index (χ3n) is 8.50. The number of carboxylic acid groups (broad SMARTS) is 1. The average Bonchev–Trinajstić information content (AvgIpc) is 3.12. The van der Waals surface area contributed by atoms with Crippen LogP contribution in [0.4, 0.5) is 0 Å². The lowest BCUT2D eigenvalue weighted by atomic mass is 9.72. The number of ether oxygens (including phenoxy) is 3. The van der Waals surface area contributed by atoms with Crippen molar-refractivity contribution in [2.24, 2.45) is 0 Å². The predicted molar refractivity (Wildman–Crippen MR) is 197 cm³/mol. The van der Waals surface area contributed by atoms with Crippen molar-refractivity contribution >= 4 is 56.7 Å². The van der Waals surface area contributed by atoms with Gasteiger partial charge in [0.25, 0.3) is 0 Å². The summed E-state index contributed by atoms with van der Waals surface area (Å²) in [6, 6.07) is 34.9. The van der Waals surface area contributed by atoms with E-state index in [1.165, 1.54) is 0 Å². The van der Waals surface area contributed by atoms with Gasteiger partial charge in [-0.05, 0) is 59.7 Å². The number of aliphatic carboxylic acids is 1. The fraction of sp³-hybridized carbons (Fsp3) is 0.200. The number of para-hydroxylation sites is 2. The quantitative estimate of drug-likeness (QED) is 0.0807. The number of rotatable bonds is 15. The van der Waals surface area contributed by atoms with E-state index in [1.54, 1.807) is 0 Å². The number of nitrogens with one attached hydrogen (secondary N) is 1. The number of carboxylic acids is 1. The summed E-state index contributed by atoms with van der Waals surface area (Å²) in [4.78, 5) is 20.3. The Morgan fingerprint density at radius 1 is 0.740 bits per heavy atom. The highest BCUT2D eigenvalue weighted by Crippen LogP contribution is 2.41. The first-order valence-corrected chi connectivity index (χ1v) is 16.8. The number of pyridine rings is 2. The van der Waals surface area contributed by atoms with Crippen LogP contribution in [0.25, 0.3) is 21.8 Å². The molecule has 0 aliphatic rings. The van der Waals surface area contributed by atoms with Crippen molar-refractivity contribution in [2.75, 3.05) is 13.2 Å². The number of hydrogen-bond acceptors (Lipinski definition) is 7. The van der Waals surface area contributed by atoms with Crippen molar-refractivity contribution < 1.29 is 24.1 Å². The normalized spacial score (nSPS) is 11.5. The Hall–Kier alpha value is -5.02. The minimum atomic E-state index is -0.955. The largest absolute Gasteiger partial charge is 0.486 e. The molecular formula is C40H35Cl2N3O5. The van der Waals surface area contributed by atoms with Crippen LogP contribution in [0, 0.1) is 5.41 Å². The summed E-state index contributed by atoms with van der Waals surface area (Å²) in [5.74, 6) is 0.0517. The van der Waals surface area contributed by atoms with Crippen LogP contribution in [0.1, 0.15) is 42.3 Å². The fourth-order valence-corrected chi connectivity index (χ4v) is 6.28. The number of benzene rings is 4. The van der Waals surface area contributed by atoms with Crippen molar-refractivity contribution in [3.8, 4) is 11.5 Å². The molecule has 0 saturated heterocycles. The van der Waals surface area contributed by atoms with Crippen LogP contribution in [0.5, 0.6) is 11.5 Å². The molecule has 0 saturated carbocycles. The zero-order valence-electron chi connectivity index (χ0n) is 27.4. The van der Waals surface area contributed by atoms with Crippen molar-refractivity contribution in [3.63, 3.8) is 0 Å². The summed E-state index contributed by atoms with van der Waals surface area (Å²) in [6.45, 7) is 2.50. The smallest absolute Gasteiger partial charge is 0.305 e. The molecule has 10 heteroatoms. The Morgan fingerprint density at radius 2 is 1.24 bits per heavy atom. The van der Waals surface area contributed by atoms with E-state index >= 15 is 0 Å². The first-order valence-electron chi connectivity index (χ1n) is 16.1. The summed E-state index contributed by atoms with van der Waals surface area (Å²) in [5, 5.41) is 20.6. The Balaban J connectivity index is 1.22. The minimum Gasteiger partial charge on any atom is -0.486 e. The van der Waals surface area contributed by atoms with E-state index in [0.717, 1.165) is 44.3 Å². The molecule has 0 unspecified atom stereocenters. The molecule has 6 aromatic rings. The van der Waals surface area contributed by atoms with Crippen molar-refractivity contribution in [3.05, 3.63) is 142 Å². The lowest BCUT2D eigenvalue weighted by molar-refractivity contribution is -0.138. The van der Waals surface area contributed by atoms with Gasteiger partial charge in [0.1, 0.15) is 24.7 Å². The van der Waals surface area contributed by atoms with Crippen molar-refractivity contribution in [2.45, 2.75) is 38.4 Å². The summed E-state index contributed by atoms with van der Waals surface area (Å²) in [6.07, 6.45) is 0.122. The number of nitrogens with zero attached hydrogens (tertiary/aromatic N) is 2. The highest BCUT2D eigenvalue weighted by atomic mass is 35.5. The Kier molecular flexibility index (Phi) is 10.9. The minimum absolute atomic E-state index is 0.00968. The van der Waals surface area contributed by atoms with Crippen LogP contribution in [0.2, 0.25) is 10.0 Å². The molecule has 8 nitrogen and oxygen atoms in total. The van der Waals surface area contributed by atoms with E-state index in [-0.39, 0.29) is 45.0 Å². The van der Waals surface area contributed by atoms with E-state index in [0.29, 0.717) is 21.5 Å². The molecule has 2 heterocycles. The molecule has 0 bridgehead atoms. The lowest BCUT2D eigenvalue weighted by Gasteiger charge is -2.32. The van der Waals surface area contributed by atoms with Gasteiger partial charge in [-0.2, -0.15) is 0 Å². The van der Waals surface area contributed by atoms with E-state index in [2.05, 4.69) is 9.97 Å². The van der Waals surface area contributed by atoms with Gasteiger partial charge in [0.2, 0.25) is 0 Å². The molecule has 2 aromatic heterocycles. The number of carbonyl (C=O) groups is 1. The van der Waals surface area contributed by atoms with E-state index in [1.807, 2.05) is 116 Å². The van der Waals surface area contributed by atoms with Gasteiger partial charge < -0.3 is 24.7 Å². The fourth-order valence-electron chi connectivity index (χ4n) is 5.81. The van der Waals surface area contributed by atoms with Crippen LogP contribution in [-0.4, -0.2) is 40.0 Å². The molecule has 4 aromatic carbocycles. The van der Waals surface area contributed by atoms with Crippen LogP contribution in [0.15, 0.2) is 109 Å². The molecule has 0 amide bonds. The summed E-state index contributed by atoms with van der Waals surface area (Å²) >= 11 is 13.6. The lowest BCUT2D eigenvalue weighted by Crippen LogP contribution is -2.29. The Morgan fingerprint density at radius 3 is 1.72 bits per heavy atom. The van der Waals surface area contributed by atoms with Crippen LogP contribution in [0.3, 0.4) is 0 Å². The highest BCUT2D eigenvalue weighted by Gasteiger charge is 2.32. The molecule has 6 rings (SSSR count). The van der Waals surface area contributed by atoms with E-state index < -0.39 is 11.4 Å². The molecule has 0 aliphatic heterocycles. The van der Waals surface area contributed by atoms with Gasteiger partial charge in [0.05, 0.1) is 52.1 Å². The number of halogens is 2. The molecule has 0 aliphatic carbocycles. The Labute approximate surface area is 300 Å². The van der Waals surface area contributed by atoms with Gasteiger partial charge in [-0.1, -0.05) is 90.8 Å². The standard InChI is InChI=1S/C40H35Cl2N3O5/c1-40(22-30(43)23-48-19-18-39(46)47,28-12-16-37(33(41)20-28)49-24-31-14-10-26-6-2-4-8-35(26)44-31)29-13-17-38(34(42)21-29)50-25-32-15-11-27-7-3-5-9-36(27)45-32/h2-17,20-21,43H,18-19,22-25H2,1H3,(H,46,47). The van der Waals surface area contributed by atoms with E-state index in [9.17, 15) is 4.79 Å². The highest BCUT2D eigenvalue weighted by molar-refractivity contribution is 6.32. The summed E-state index contributed by atoms with van der Waals surface area (Å²) in [5.41, 5.74) is 4.52. The van der Waals surface area contributed by atoms with Crippen molar-refractivity contribution in [1.82, 2.24) is 9.97 Å². The van der Waals surface area contributed by atoms with Gasteiger partial charge in [-0.3, -0.25) is 4.79 Å². The molecule has 2 N–H and O–H groups in total. The topological polar surface area (TPSA) is 115 Å². The molecule has 50 heavy (non-hydrogen) atoms. The molecule has 0 fully saturated rings. The first-order chi connectivity index (χ1) is 24.2. The molecule has 254 valence electrons. The average molecular weight is 709 g/mol. The van der Waals surface area contributed by atoms with Crippen LogP contribution < -0.4 is 9.47 Å². The monoisotopic (exact) mass is 707 g/mol. The molecular weight excluding hydrogens is 673 g/mol. The second kappa shape index (κ2) is 15.7. The third-order valence-corrected chi connectivity index (χ3v) is 9.10. The maximum absolute atomic E-state index is 10.9. The van der Waals surface area contributed by atoms with E-state index in [4.69, 9.17) is 47.9 Å². The number of aromatic nitrogens is 2. The van der Waals surface area contributed by atoms with Crippen LogP contribution in [-0.2, 0) is 28.2 Å². The summed E-state index contributed by atoms with van der Waals surface area (Å²) < 4.78 is 17.7. The summed E-state index contributed by atoms with van der Waals surface area (Å²) in [7, 11) is 0. The maximum atomic E-state index is 10.9. The second-order valence-corrected chi connectivity index (χ2v) is 13.0. The van der Waals surface area contributed by atoms with Gasteiger partial charge in [0.15, 0.2) is 0 Å². The van der Waals surface area contributed by atoms with Crippen LogP contribution >= 0.6 is 23.2 Å². The van der Waals surface area contributed by atoms with Gasteiger partial charge in [0, 0.05) is 28.3 Å². The van der Waals surface area contributed by atoms with Gasteiger partial charge in [-0.25, -0.2) is 9.97 Å². The number of hydrogen-bond donors (Lipinski definition) is 2. The van der Waals surface area contributed by atoms with Gasteiger partial charge >= 0.3 is 5.97 Å². The molecule has 0 spiro atoms. The maximum Gasteiger partial charge on any atom is 0.305 e. The first kappa shape index (κ1) is 34.8. The van der Waals surface area contributed by atoms with Crippen molar-refractivity contribution in [1.29, 1.82) is 5.41 Å². The SMILES string of the molecule is CC(CC(=N)COCCC(=O)O)(c1ccc(OCc2ccc3ccccc3n2)c(Cl)c1)c1ccc(OCc2ccc3ccccc3n2)c(Cl)c1. The molecule has 0 radical (unpaired) electrons. The third kappa shape index (κ3) is 8.40. The molecule has 0 atom stereocenters. The Bertz CT molecular complexity index is 2040.